The van der Waals surface area contributed by atoms with Crippen molar-refractivity contribution in [2.45, 2.75) is 6.42 Å². The average molecular weight is 206 g/mol. The van der Waals surface area contributed by atoms with Gasteiger partial charge in [0, 0.05) is 10.4 Å². The zero-order valence-corrected chi connectivity index (χ0v) is 8.38. The molecule has 0 saturated heterocycles. The highest BCUT2D eigenvalue weighted by Crippen LogP contribution is 2.22. The van der Waals surface area contributed by atoms with Gasteiger partial charge in [-0.05, 0) is 37.6 Å². The molecule has 14 heavy (non-hydrogen) atoms. The topological polar surface area (TPSA) is 38.9 Å². The molecule has 0 bridgehead atoms. The summed E-state index contributed by atoms with van der Waals surface area (Å²) in [5, 5.41) is 1.66. The fourth-order valence-electron chi connectivity index (χ4n) is 1.40. The van der Waals surface area contributed by atoms with Crippen molar-refractivity contribution in [1.82, 2.24) is 4.98 Å². The minimum Gasteiger partial charge on any atom is -0.397 e. The van der Waals surface area contributed by atoms with Crippen LogP contribution in [0.15, 0.2) is 24.3 Å². The molecule has 0 atom stereocenters. The quantitative estimate of drug-likeness (QED) is 0.778. The average Bonchev–Trinajstić information content (AvgIpc) is 2.16. The number of fused-ring (bicyclic) bond motifs is 1. The van der Waals surface area contributed by atoms with E-state index in [1.165, 1.54) is 0 Å². The lowest BCUT2D eigenvalue weighted by molar-refractivity contribution is 1.15. The molecule has 1 aromatic carbocycles. The summed E-state index contributed by atoms with van der Waals surface area (Å²) >= 11 is 5.86. The van der Waals surface area contributed by atoms with Crippen molar-refractivity contribution in [3.8, 4) is 0 Å². The van der Waals surface area contributed by atoms with Gasteiger partial charge in [0.15, 0.2) is 0 Å². The minimum atomic E-state index is 0.602. The number of aromatic nitrogens is 1. The molecule has 2 nitrogen and oxygen atoms in total. The van der Waals surface area contributed by atoms with Crippen LogP contribution in [0.25, 0.3) is 10.9 Å². The predicted octanol–water partition coefficient (Wildman–Crippen LogP) is 2.85. The third-order valence-corrected chi connectivity index (χ3v) is 2.36. The predicted molar refractivity (Wildman–Crippen MR) is 60.2 cm³/mol. The summed E-state index contributed by atoms with van der Waals surface area (Å²) in [5.41, 5.74) is 8.22. The van der Waals surface area contributed by atoms with Gasteiger partial charge in [-0.1, -0.05) is 11.6 Å². The van der Waals surface area contributed by atoms with Gasteiger partial charge in [0.2, 0.25) is 0 Å². The molecule has 2 rings (SSSR count). The normalized spacial score (nSPS) is 10.7. The summed E-state index contributed by atoms with van der Waals surface area (Å²) in [6.07, 6.45) is 0.602. The molecular formula is C11H10ClN2. The van der Waals surface area contributed by atoms with Crippen LogP contribution in [0.4, 0.5) is 5.69 Å². The van der Waals surface area contributed by atoms with Crippen LogP contribution >= 0.6 is 11.6 Å². The highest BCUT2D eigenvalue weighted by molar-refractivity contribution is 6.31. The molecule has 2 N–H and O–H groups in total. The van der Waals surface area contributed by atoms with Crippen LogP contribution in [0, 0.1) is 6.92 Å². The second kappa shape index (κ2) is 3.46. The third-order valence-electron chi connectivity index (χ3n) is 2.13. The number of anilines is 1. The van der Waals surface area contributed by atoms with E-state index < -0.39 is 0 Å². The van der Waals surface area contributed by atoms with Crippen LogP contribution in [0.5, 0.6) is 0 Å². The van der Waals surface area contributed by atoms with Crippen molar-refractivity contribution >= 4 is 28.2 Å². The molecule has 0 aliphatic rings. The number of halogens is 1. The Morgan fingerprint density at radius 3 is 2.86 bits per heavy atom. The number of hydrogen-bond acceptors (Lipinski definition) is 2. The molecule has 0 unspecified atom stereocenters. The van der Waals surface area contributed by atoms with Crippen molar-refractivity contribution in [3.63, 3.8) is 0 Å². The number of pyridine rings is 1. The molecule has 0 amide bonds. The van der Waals surface area contributed by atoms with E-state index in [-0.39, 0.29) is 0 Å². The first-order valence-electron chi connectivity index (χ1n) is 4.34. The first-order chi connectivity index (χ1) is 6.70. The van der Waals surface area contributed by atoms with E-state index in [2.05, 4.69) is 11.9 Å². The number of nitrogen functional groups attached to an aromatic ring is 1. The van der Waals surface area contributed by atoms with Gasteiger partial charge in [0.1, 0.15) is 0 Å². The molecule has 0 aliphatic heterocycles. The fourth-order valence-corrected chi connectivity index (χ4v) is 1.58. The van der Waals surface area contributed by atoms with Crippen LogP contribution in [-0.4, -0.2) is 4.98 Å². The zero-order chi connectivity index (χ0) is 10.1. The summed E-state index contributed by atoms with van der Waals surface area (Å²) in [7, 11) is 0. The van der Waals surface area contributed by atoms with E-state index >= 15 is 0 Å². The Morgan fingerprint density at radius 1 is 1.36 bits per heavy atom. The number of nitrogens with zero attached hydrogens (tertiary/aromatic N) is 1. The minimum absolute atomic E-state index is 0.602. The smallest absolute Gasteiger partial charge is 0.0708 e. The number of rotatable bonds is 1. The second-order valence-corrected chi connectivity index (χ2v) is 3.55. The maximum atomic E-state index is 5.86. The Balaban J connectivity index is 2.73. The largest absolute Gasteiger partial charge is 0.397 e. The summed E-state index contributed by atoms with van der Waals surface area (Å²) < 4.78 is 0. The van der Waals surface area contributed by atoms with Crippen LogP contribution in [0.1, 0.15) is 5.69 Å². The first kappa shape index (κ1) is 9.28. The zero-order valence-electron chi connectivity index (χ0n) is 7.63. The van der Waals surface area contributed by atoms with E-state index in [9.17, 15) is 0 Å². The van der Waals surface area contributed by atoms with Crippen LogP contribution in [0.3, 0.4) is 0 Å². The molecule has 0 spiro atoms. The Hall–Kier alpha value is -1.28. The molecule has 0 aliphatic carbocycles. The van der Waals surface area contributed by atoms with Gasteiger partial charge in [-0.15, -0.1) is 0 Å². The van der Waals surface area contributed by atoms with E-state index in [0.717, 1.165) is 16.6 Å². The van der Waals surface area contributed by atoms with Gasteiger partial charge in [0.05, 0.1) is 16.9 Å². The van der Waals surface area contributed by atoms with Crippen molar-refractivity contribution in [2.24, 2.45) is 0 Å². The summed E-state index contributed by atoms with van der Waals surface area (Å²) in [5.74, 6) is 0. The molecule has 1 aromatic heterocycles. The molecule has 0 fully saturated rings. The molecule has 0 saturated carbocycles. The second-order valence-electron chi connectivity index (χ2n) is 3.11. The van der Waals surface area contributed by atoms with E-state index in [4.69, 9.17) is 17.3 Å². The molecule has 1 radical (unpaired) electrons. The van der Waals surface area contributed by atoms with Crippen molar-refractivity contribution in [1.29, 1.82) is 0 Å². The SMILES string of the molecule is [CH2]Cc1nc2ccc(Cl)cc2cc1N. The van der Waals surface area contributed by atoms with Crippen molar-refractivity contribution in [3.05, 3.63) is 41.9 Å². The highest BCUT2D eigenvalue weighted by Gasteiger charge is 2.02. The lowest BCUT2D eigenvalue weighted by Gasteiger charge is -2.04. The van der Waals surface area contributed by atoms with Gasteiger partial charge in [-0.3, -0.25) is 4.98 Å². The van der Waals surface area contributed by atoms with Gasteiger partial charge in [-0.2, -0.15) is 0 Å². The standard InChI is InChI=1S/C11H10ClN2/c1-2-10-9(13)6-7-5-8(12)3-4-11(7)14-10/h3-6H,1-2,13H2. The van der Waals surface area contributed by atoms with Crippen LogP contribution in [0.2, 0.25) is 5.02 Å². The van der Waals surface area contributed by atoms with E-state index in [0.29, 0.717) is 17.1 Å². The maximum absolute atomic E-state index is 5.86. The number of hydrogen-bond donors (Lipinski definition) is 1. The van der Waals surface area contributed by atoms with Gasteiger partial charge >= 0.3 is 0 Å². The molecule has 71 valence electrons. The van der Waals surface area contributed by atoms with Gasteiger partial charge < -0.3 is 5.73 Å². The van der Waals surface area contributed by atoms with E-state index in [1.807, 2.05) is 24.3 Å². The summed E-state index contributed by atoms with van der Waals surface area (Å²) in [4.78, 5) is 4.39. The van der Waals surface area contributed by atoms with Crippen LogP contribution < -0.4 is 5.73 Å². The highest BCUT2D eigenvalue weighted by atomic mass is 35.5. The Morgan fingerprint density at radius 2 is 2.14 bits per heavy atom. The first-order valence-corrected chi connectivity index (χ1v) is 4.72. The molecular weight excluding hydrogens is 196 g/mol. The fraction of sp³-hybridized carbons (Fsp3) is 0.0909. The monoisotopic (exact) mass is 205 g/mol. The van der Waals surface area contributed by atoms with Crippen molar-refractivity contribution in [2.75, 3.05) is 5.73 Å². The lowest BCUT2D eigenvalue weighted by atomic mass is 10.1. The Labute approximate surface area is 87.7 Å². The third kappa shape index (κ3) is 1.53. The van der Waals surface area contributed by atoms with Gasteiger partial charge in [0.25, 0.3) is 0 Å². The molecule has 3 heteroatoms. The van der Waals surface area contributed by atoms with Crippen LogP contribution in [-0.2, 0) is 6.42 Å². The van der Waals surface area contributed by atoms with Gasteiger partial charge in [-0.25, -0.2) is 0 Å². The Kier molecular flexibility index (Phi) is 2.30. The maximum Gasteiger partial charge on any atom is 0.0708 e. The van der Waals surface area contributed by atoms with Crippen molar-refractivity contribution < 1.29 is 0 Å². The molecule has 2 aromatic rings. The summed E-state index contributed by atoms with van der Waals surface area (Å²) in [6, 6.07) is 7.44. The number of nitrogens with two attached hydrogens (primary N) is 1. The number of benzene rings is 1. The lowest BCUT2D eigenvalue weighted by Crippen LogP contribution is -1.96. The Bertz CT molecular complexity index is 480. The molecule has 1 heterocycles. The van der Waals surface area contributed by atoms with E-state index in [1.54, 1.807) is 0 Å². The summed E-state index contributed by atoms with van der Waals surface area (Å²) in [6.45, 7) is 3.77.